The van der Waals surface area contributed by atoms with Crippen molar-refractivity contribution in [3.63, 3.8) is 0 Å². The number of carbonyl (C=O) groups excluding carboxylic acids is 1. The maximum absolute atomic E-state index is 12.4. The van der Waals surface area contributed by atoms with Crippen LogP contribution in [-0.2, 0) is 23.8 Å². The van der Waals surface area contributed by atoms with Crippen LogP contribution < -0.4 is 0 Å². The Hall–Kier alpha value is -1.29. The van der Waals surface area contributed by atoms with Gasteiger partial charge in [0.15, 0.2) is 0 Å². The predicted octanol–water partition coefficient (Wildman–Crippen LogP) is 3.73. The summed E-state index contributed by atoms with van der Waals surface area (Å²) in [5.74, 6) is -0.0704. The molecule has 2 aliphatic rings. The van der Waals surface area contributed by atoms with Crippen LogP contribution in [0.25, 0.3) is 0 Å². The first kappa shape index (κ1) is 23.0. The minimum Gasteiger partial charge on any atom is -0.460 e. The largest absolute Gasteiger partial charge is 0.534 e. The van der Waals surface area contributed by atoms with Crippen LogP contribution in [0.5, 0.6) is 0 Å². The van der Waals surface area contributed by atoms with Crippen molar-refractivity contribution in [2.75, 3.05) is 13.1 Å². The van der Waals surface area contributed by atoms with Gasteiger partial charge in [0.05, 0.1) is 0 Å². The van der Waals surface area contributed by atoms with Crippen molar-refractivity contribution in [2.24, 2.45) is 5.92 Å². The second-order valence-corrected chi connectivity index (χ2v) is 9.90. The molecule has 0 aromatic rings. The quantitative estimate of drug-likeness (QED) is 0.378. The summed E-state index contributed by atoms with van der Waals surface area (Å²) in [6, 6.07) is 0.270. The van der Waals surface area contributed by atoms with Gasteiger partial charge in [-0.25, -0.2) is 0 Å². The molecular weight excluding hydrogens is 399 g/mol. The van der Waals surface area contributed by atoms with E-state index < -0.39 is 21.2 Å². The molecule has 10 heteroatoms. The Kier molecular flexibility index (Phi) is 7.07. The fraction of sp³-hybridized carbons (Fsp3) is 0.833. The van der Waals surface area contributed by atoms with Crippen molar-refractivity contribution < 1.29 is 35.3 Å². The fourth-order valence-corrected chi connectivity index (χ4v) is 4.12. The monoisotopic (exact) mass is 427 g/mol. The van der Waals surface area contributed by atoms with Gasteiger partial charge in [-0.15, -0.1) is 0 Å². The van der Waals surface area contributed by atoms with Crippen LogP contribution in [0.4, 0.5) is 13.2 Å². The molecule has 162 valence electrons. The summed E-state index contributed by atoms with van der Waals surface area (Å²) in [6.07, 6.45) is 5.46. The molecule has 0 atom stereocenters. The number of ether oxygens (including phenoxy) is 1. The summed E-state index contributed by atoms with van der Waals surface area (Å²) < 4.78 is 68.9. The first-order valence-corrected chi connectivity index (χ1v) is 10.8. The average Bonchev–Trinajstić information content (AvgIpc) is 2.53. The lowest BCUT2D eigenvalue weighted by atomic mass is 9.83. The molecular formula is C18H28F3NO5S. The highest BCUT2D eigenvalue weighted by molar-refractivity contribution is 7.87. The molecule has 6 nitrogen and oxygen atoms in total. The van der Waals surface area contributed by atoms with Crippen LogP contribution in [0.1, 0.15) is 59.3 Å². The standard InChI is InChI=1S/C18H28F3NO5S/c1-17(2,3)26-16(23)12-13-4-6-14(7-5-13)22-10-8-15(9-11-22)27-28(24,25)18(19,20)21/h8,13-14H,4-7,9-12H2,1-3H3. The van der Waals surface area contributed by atoms with E-state index in [1.807, 2.05) is 20.8 Å². The highest BCUT2D eigenvalue weighted by Crippen LogP contribution is 2.33. The van der Waals surface area contributed by atoms with E-state index in [-0.39, 0.29) is 30.1 Å². The summed E-state index contributed by atoms with van der Waals surface area (Å²) in [7, 11) is -5.60. The Morgan fingerprint density at radius 2 is 1.79 bits per heavy atom. The van der Waals surface area contributed by atoms with Crippen LogP contribution in [0.3, 0.4) is 0 Å². The third-order valence-corrected chi connectivity index (χ3v) is 5.91. The molecule has 0 aromatic carbocycles. The van der Waals surface area contributed by atoms with Gasteiger partial charge in [-0.1, -0.05) is 0 Å². The number of rotatable bonds is 5. The molecule has 0 N–H and O–H groups in total. The van der Waals surface area contributed by atoms with Crippen LogP contribution in [0, 0.1) is 5.92 Å². The molecule has 0 saturated heterocycles. The van der Waals surface area contributed by atoms with Gasteiger partial charge in [0.2, 0.25) is 0 Å². The van der Waals surface area contributed by atoms with Crippen LogP contribution in [0.15, 0.2) is 11.8 Å². The molecule has 1 aliphatic carbocycles. The zero-order valence-electron chi connectivity index (χ0n) is 16.4. The summed E-state index contributed by atoms with van der Waals surface area (Å²) in [5, 5.41) is 0. The topological polar surface area (TPSA) is 72.9 Å². The lowest BCUT2D eigenvalue weighted by molar-refractivity contribution is -0.156. The normalized spacial score (nSPS) is 25.1. The van der Waals surface area contributed by atoms with Gasteiger partial charge in [0, 0.05) is 32.0 Å². The highest BCUT2D eigenvalue weighted by atomic mass is 32.2. The second-order valence-electron chi connectivity index (χ2n) is 8.36. The second kappa shape index (κ2) is 8.61. The summed E-state index contributed by atoms with van der Waals surface area (Å²) >= 11 is 0. The van der Waals surface area contributed by atoms with Gasteiger partial charge in [0.25, 0.3) is 0 Å². The zero-order chi connectivity index (χ0) is 21.2. The first-order chi connectivity index (χ1) is 12.8. The maximum atomic E-state index is 12.4. The summed E-state index contributed by atoms with van der Waals surface area (Å²) in [5.41, 5.74) is -5.91. The van der Waals surface area contributed by atoms with E-state index in [9.17, 15) is 26.4 Å². The van der Waals surface area contributed by atoms with Crippen LogP contribution in [-0.4, -0.2) is 49.5 Å². The number of hydrogen-bond donors (Lipinski definition) is 0. The molecule has 0 bridgehead atoms. The van der Waals surface area contributed by atoms with Crippen LogP contribution >= 0.6 is 0 Å². The molecule has 1 aliphatic heterocycles. The van der Waals surface area contributed by atoms with E-state index >= 15 is 0 Å². The Morgan fingerprint density at radius 3 is 2.25 bits per heavy atom. The van der Waals surface area contributed by atoms with Crippen molar-refractivity contribution >= 4 is 16.1 Å². The van der Waals surface area contributed by atoms with Gasteiger partial charge in [0.1, 0.15) is 11.4 Å². The smallest absolute Gasteiger partial charge is 0.460 e. The third-order valence-electron chi connectivity index (χ3n) is 4.91. The molecule has 2 rings (SSSR count). The van der Waals surface area contributed by atoms with E-state index in [1.54, 1.807) is 0 Å². The Bertz CT molecular complexity index is 689. The van der Waals surface area contributed by atoms with Crippen molar-refractivity contribution in [1.82, 2.24) is 4.90 Å². The molecule has 0 aromatic heterocycles. The van der Waals surface area contributed by atoms with Crippen LogP contribution in [0.2, 0.25) is 0 Å². The number of alkyl halides is 3. The minimum atomic E-state index is -5.60. The SMILES string of the molecule is CC(C)(C)OC(=O)CC1CCC(N2CC=C(OS(=O)(=O)C(F)(F)F)CC2)CC1. The van der Waals surface area contributed by atoms with E-state index in [0.717, 1.165) is 25.7 Å². The molecule has 1 heterocycles. The van der Waals surface area contributed by atoms with Gasteiger partial charge in [-0.3, -0.25) is 9.69 Å². The molecule has 1 saturated carbocycles. The Balaban J connectivity index is 1.79. The first-order valence-electron chi connectivity index (χ1n) is 9.42. The van der Waals surface area contributed by atoms with Gasteiger partial charge in [-0.05, 0) is 58.4 Å². The Labute approximate surface area is 164 Å². The summed E-state index contributed by atoms with van der Waals surface area (Å²) in [6.45, 7) is 6.31. The van der Waals surface area contributed by atoms with Crippen molar-refractivity contribution in [1.29, 1.82) is 0 Å². The number of hydrogen-bond acceptors (Lipinski definition) is 6. The van der Waals surface area contributed by atoms with E-state index in [1.165, 1.54) is 6.08 Å². The van der Waals surface area contributed by atoms with E-state index in [4.69, 9.17) is 4.74 Å². The lowest BCUT2D eigenvalue weighted by Crippen LogP contribution is -2.41. The molecule has 28 heavy (non-hydrogen) atoms. The minimum absolute atomic E-state index is 0.118. The molecule has 0 amide bonds. The average molecular weight is 427 g/mol. The Morgan fingerprint density at radius 1 is 1.18 bits per heavy atom. The maximum Gasteiger partial charge on any atom is 0.534 e. The number of nitrogens with zero attached hydrogens (tertiary/aromatic N) is 1. The van der Waals surface area contributed by atoms with E-state index in [0.29, 0.717) is 19.5 Å². The van der Waals surface area contributed by atoms with E-state index in [2.05, 4.69) is 9.08 Å². The lowest BCUT2D eigenvalue weighted by Gasteiger charge is -2.38. The van der Waals surface area contributed by atoms with Gasteiger partial charge in [-0.2, -0.15) is 21.6 Å². The third kappa shape index (κ3) is 6.65. The summed E-state index contributed by atoms with van der Waals surface area (Å²) in [4.78, 5) is 14.1. The van der Waals surface area contributed by atoms with Crippen molar-refractivity contribution in [2.45, 2.75) is 76.4 Å². The number of halogens is 3. The zero-order valence-corrected chi connectivity index (χ0v) is 17.2. The number of carbonyl (C=O) groups is 1. The molecule has 0 spiro atoms. The molecule has 0 radical (unpaired) electrons. The number of esters is 1. The van der Waals surface area contributed by atoms with Crippen molar-refractivity contribution in [3.05, 3.63) is 11.8 Å². The fourth-order valence-electron chi connectivity index (χ4n) is 3.59. The molecule has 1 fully saturated rings. The van der Waals surface area contributed by atoms with Crippen molar-refractivity contribution in [3.8, 4) is 0 Å². The van der Waals surface area contributed by atoms with Gasteiger partial charge >= 0.3 is 21.6 Å². The highest BCUT2D eigenvalue weighted by Gasteiger charge is 2.49. The molecule has 0 unspecified atom stereocenters. The van der Waals surface area contributed by atoms with Gasteiger partial charge < -0.3 is 8.92 Å². The predicted molar refractivity (Wildman–Crippen MR) is 96.5 cm³/mol.